The van der Waals surface area contributed by atoms with Crippen LogP contribution in [0, 0.1) is 25.6 Å². The number of nitrogens with one attached hydrogen (secondary N) is 1. The zero-order valence-electron chi connectivity index (χ0n) is 24.5. The van der Waals surface area contributed by atoms with E-state index in [0.29, 0.717) is 57.9 Å². The largest absolute Gasteiger partial charge is 0.490 e. The molecule has 8 nitrogen and oxygen atoms in total. The van der Waals surface area contributed by atoms with Gasteiger partial charge in [0.2, 0.25) is 0 Å². The minimum absolute atomic E-state index is 0.155. The van der Waals surface area contributed by atoms with Crippen LogP contribution in [-0.2, 0) is 12.6 Å². The number of ether oxygens (including phenoxy) is 2. The first-order valence-electron chi connectivity index (χ1n) is 13.9. The van der Waals surface area contributed by atoms with Crippen molar-refractivity contribution >= 4 is 6.09 Å². The van der Waals surface area contributed by atoms with Crippen LogP contribution in [-0.4, -0.2) is 33.0 Å². The minimum atomic E-state index is -1.14. The lowest BCUT2D eigenvalue weighted by Crippen LogP contribution is -2.40. The van der Waals surface area contributed by atoms with Gasteiger partial charge >= 0.3 is 6.09 Å². The quantitative estimate of drug-likeness (QED) is 0.290. The highest BCUT2D eigenvalue weighted by Gasteiger charge is 2.29. The number of benzene rings is 2. The Labute approximate surface area is 239 Å². The van der Waals surface area contributed by atoms with Crippen LogP contribution in [0.5, 0.6) is 17.2 Å². The van der Waals surface area contributed by atoms with Crippen LogP contribution in [0.25, 0.3) is 11.1 Å². The maximum absolute atomic E-state index is 14.0. The Kier molecular flexibility index (Phi) is 8.77. The Bertz CT molecular complexity index is 1460. The molecule has 0 saturated heterocycles. The second-order valence-corrected chi connectivity index (χ2v) is 11.6. The number of carbonyl (C=O) groups is 1. The standard InChI is InChI=1S/C32H39FN2O6/c1-18-13-23(33)14-19(2)30(18)41-27-12-9-22(32(4,5)39)15-25(27)26-17-35(6)29(36)16-28(26)40-24-10-7-21(8-11-24)20(3)34-31(37)38/h9,12-17,20-21,24,34,39H,7-8,10-11H2,1-6H3,(H,37,38)/t20?,21-,24-. The summed E-state index contributed by atoms with van der Waals surface area (Å²) in [7, 11) is 1.66. The summed E-state index contributed by atoms with van der Waals surface area (Å²) < 4.78 is 28.3. The molecule has 0 bridgehead atoms. The molecule has 0 aliphatic heterocycles. The zero-order valence-corrected chi connectivity index (χ0v) is 24.5. The molecule has 1 unspecified atom stereocenters. The van der Waals surface area contributed by atoms with Crippen molar-refractivity contribution in [1.29, 1.82) is 0 Å². The second kappa shape index (κ2) is 11.9. The summed E-state index contributed by atoms with van der Waals surface area (Å²) in [5.41, 5.74) is 1.78. The van der Waals surface area contributed by atoms with Crippen LogP contribution in [0.1, 0.15) is 63.1 Å². The van der Waals surface area contributed by atoms with Gasteiger partial charge in [0, 0.05) is 36.5 Å². The monoisotopic (exact) mass is 566 g/mol. The topological polar surface area (TPSA) is 110 Å². The lowest BCUT2D eigenvalue weighted by Gasteiger charge is -2.32. The van der Waals surface area contributed by atoms with Crippen molar-refractivity contribution in [3.05, 3.63) is 75.5 Å². The van der Waals surface area contributed by atoms with E-state index in [1.54, 1.807) is 53.1 Å². The van der Waals surface area contributed by atoms with Gasteiger partial charge in [-0.2, -0.15) is 0 Å². The Morgan fingerprint density at radius 1 is 1.05 bits per heavy atom. The van der Waals surface area contributed by atoms with Gasteiger partial charge in [0.15, 0.2) is 0 Å². The van der Waals surface area contributed by atoms with Gasteiger partial charge in [-0.05, 0) is 107 Å². The molecule has 4 rings (SSSR count). The number of hydrogen-bond donors (Lipinski definition) is 3. The first kappa shape index (κ1) is 30.1. The molecule has 3 aromatic rings. The molecule has 1 heterocycles. The van der Waals surface area contributed by atoms with Gasteiger partial charge in [-0.15, -0.1) is 0 Å². The van der Waals surface area contributed by atoms with Crippen LogP contribution in [0.4, 0.5) is 9.18 Å². The van der Waals surface area contributed by atoms with E-state index >= 15 is 0 Å². The summed E-state index contributed by atoms with van der Waals surface area (Å²) in [4.78, 5) is 23.8. The average molecular weight is 567 g/mol. The summed E-state index contributed by atoms with van der Waals surface area (Å²) >= 11 is 0. The van der Waals surface area contributed by atoms with Gasteiger partial charge < -0.3 is 29.6 Å². The zero-order chi connectivity index (χ0) is 30.1. The van der Waals surface area contributed by atoms with Gasteiger partial charge in [-0.3, -0.25) is 4.79 Å². The molecule has 1 aliphatic rings. The lowest BCUT2D eigenvalue weighted by atomic mass is 9.83. The molecule has 41 heavy (non-hydrogen) atoms. The fourth-order valence-electron chi connectivity index (χ4n) is 5.49. The molecular weight excluding hydrogens is 527 g/mol. The van der Waals surface area contributed by atoms with Crippen molar-refractivity contribution in [2.24, 2.45) is 13.0 Å². The summed E-state index contributed by atoms with van der Waals surface area (Å²) in [5.74, 6) is 1.26. The smallest absolute Gasteiger partial charge is 0.404 e. The van der Waals surface area contributed by atoms with E-state index in [4.69, 9.17) is 14.6 Å². The first-order valence-corrected chi connectivity index (χ1v) is 13.9. The number of hydrogen-bond acceptors (Lipinski definition) is 5. The normalized spacial score (nSPS) is 18.0. The molecular formula is C32H39FN2O6. The molecule has 220 valence electrons. The van der Waals surface area contributed by atoms with E-state index in [9.17, 15) is 19.1 Å². The maximum Gasteiger partial charge on any atom is 0.404 e. The Morgan fingerprint density at radius 2 is 1.68 bits per heavy atom. The van der Waals surface area contributed by atoms with E-state index in [0.717, 1.165) is 12.8 Å². The number of rotatable bonds is 8. The Morgan fingerprint density at radius 3 is 2.27 bits per heavy atom. The first-order chi connectivity index (χ1) is 19.2. The highest BCUT2D eigenvalue weighted by atomic mass is 19.1. The van der Waals surface area contributed by atoms with Crippen LogP contribution in [0.15, 0.2) is 47.4 Å². The predicted octanol–water partition coefficient (Wildman–Crippen LogP) is 6.42. The third kappa shape index (κ3) is 7.08. The lowest BCUT2D eigenvalue weighted by molar-refractivity contribution is 0.0786. The number of pyridine rings is 1. The fourth-order valence-corrected chi connectivity index (χ4v) is 5.49. The summed E-state index contributed by atoms with van der Waals surface area (Å²) in [5, 5.41) is 22.4. The molecule has 9 heteroatoms. The Balaban J connectivity index is 1.73. The van der Waals surface area contributed by atoms with Gasteiger partial charge in [-0.1, -0.05) is 6.07 Å². The van der Waals surface area contributed by atoms with E-state index in [1.807, 2.05) is 13.0 Å². The van der Waals surface area contributed by atoms with Crippen molar-refractivity contribution < 1.29 is 28.9 Å². The van der Waals surface area contributed by atoms with Crippen molar-refractivity contribution in [1.82, 2.24) is 9.88 Å². The second-order valence-electron chi connectivity index (χ2n) is 11.6. The molecule has 2 aromatic carbocycles. The third-order valence-electron chi connectivity index (χ3n) is 7.87. The number of aromatic nitrogens is 1. The molecule has 1 atom stereocenters. The van der Waals surface area contributed by atoms with E-state index in [1.165, 1.54) is 22.8 Å². The average Bonchev–Trinajstić information content (AvgIpc) is 2.87. The Hall–Kier alpha value is -3.85. The molecule has 1 aliphatic carbocycles. The number of aliphatic hydroxyl groups is 1. The van der Waals surface area contributed by atoms with E-state index in [2.05, 4.69) is 5.32 Å². The number of carboxylic acid groups (broad SMARTS) is 1. The van der Waals surface area contributed by atoms with Gasteiger partial charge in [0.1, 0.15) is 23.1 Å². The van der Waals surface area contributed by atoms with Crippen LogP contribution in [0.3, 0.4) is 0 Å². The predicted molar refractivity (Wildman–Crippen MR) is 155 cm³/mol. The number of aryl methyl sites for hydroxylation is 3. The third-order valence-corrected chi connectivity index (χ3v) is 7.87. The van der Waals surface area contributed by atoms with Crippen molar-refractivity contribution in [2.45, 2.75) is 78.0 Å². The van der Waals surface area contributed by atoms with Crippen LogP contribution >= 0.6 is 0 Å². The molecule has 1 amide bonds. The fraction of sp³-hybridized carbons (Fsp3) is 0.438. The molecule has 3 N–H and O–H groups in total. The molecule has 1 aromatic heterocycles. The number of nitrogens with zero attached hydrogens (tertiary/aromatic N) is 1. The van der Waals surface area contributed by atoms with Crippen molar-refractivity contribution in [3.8, 4) is 28.4 Å². The van der Waals surface area contributed by atoms with Gasteiger partial charge in [-0.25, -0.2) is 9.18 Å². The van der Waals surface area contributed by atoms with Crippen LogP contribution in [0.2, 0.25) is 0 Å². The van der Waals surface area contributed by atoms with Crippen molar-refractivity contribution in [3.63, 3.8) is 0 Å². The summed E-state index contributed by atoms with van der Waals surface area (Å²) in [6.45, 7) is 8.82. The van der Waals surface area contributed by atoms with E-state index in [-0.39, 0.29) is 29.4 Å². The van der Waals surface area contributed by atoms with Gasteiger partial charge in [0.25, 0.3) is 5.56 Å². The SMILES string of the molecule is Cc1cc(F)cc(C)c1Oc1ccc(C(C)(C)O)cc1-c1cn(C)c(=O)cc1O[C@H]1CC[C@H](C(C)NC(=O)O)CC1. The molecule has 0 radical (unpaired) electrons. The molecule has 1 fully saturated rings. The number of amides is 1. The molecule has 1 saturated carbocycles. The molecule has 0 spiro atoms. The highest BCUT2D eigenvalue weighted by molar-refractivity contribution is 5.76. The summed E-state index contributed by atoms with van der Waals surface area (Å²) in [6, 6.07) is 9.51. The summed E-state index contributed by atoms with van der Waals surface area (Å²) in [6.07, 6.45) is 3.52. The van der Waals surface area contributed by atoms with Gasteiger partial charge in [0.05, 0.1) is 11.7 Å². The highest BCUT2D eigenvalue weighted by Crippen LogP contribution is 2.42. The van der Waals surface area contributed by atoms with Crippen molar-refractivity contribution in [2.75, 3.05) is 0 Å². The maximum atomic E-state index is 14.0. The minimum Gasteiger partial charge on any atom is -0.490 e. The van der Waals surface area contributed by atoms with E-state index < -0.39 is 11.7 Å². The number of halogens is 1. The van der Waals surface area contributed by atoms with Crippen LogP contribution < -0.4 is 20.3 Å².